The number of fused-ring (bicyclic) bond motifs is 1. The number of thioether (sulfide) groups is 1. The Morgan fingerprint density at radius 1 is 1.43 bits per heavy atom. The van der Waals surface area contributed by atoms with Crippen LogP contribution in [0.25, 0.3) is 0 Å². The number of amidine groups is 1. The van der Waals surface area contributed by atoms with E-state index in [0.29, 0.717) is 28.4 Å². The van der Waals surface area contributed by atoms with Gasteiger partial charge in [0.15, 0.2) is 5.17 Å². The van der Waals surface area contributed by atoms with Crippen molar-refractivity contribution in [2.75, 3.05) is 18.2 Å². The van der Waals surface area contributed by atoms with Gasteiger partial charge >= 0.3 is 0 Å². The average molecular weight is 425 g/mol. The predicted octanol–water partition coefficient (Wildman–Crippen LogP) is 3.03. The van der Waals surface area contributed by atoms with Crippen LogP contribution in [0.2, 0.25) is 0 Å². The highest BCUT2D eigenvalue weighted by molar-refractivity contribution is 8.13. The first-order valence-corrected chi connectivity index (χ1v) is 10.4. The molecule has 4 rings (SSSR count). The second-order valence-electron chi connectivity index (χ2n) is 7.37. The van der Waals surface area contributed by atoms with Crippen molar-refractivity contribution in [3.63, 3.8) is 0 Å². The third-order valence-electron chi connectivity index (χ3n) is 5.65. The van der Waals surface area contributed by atoms with Crippen molar-refractivity contribution in [3.05, 3.63) is 59.2 Å². The number of hydrogen-bond acceptors (Lipinski definition) is 7. The molecule has 7 nitrogen and oxygen atoms in total. The topological polar surface area (TPSA) is 113 Å². The maximum atomic E-state index is 15.0. The van der Waals surface area contributed by atoms with E-state index >= 15 is 0 Å². The number of pyridine rings is 1. The number of nitriles is 1. The lowest BCUT2D eigenvalue weighted by molar-refractivity contribution is 0.101. The zero-order valence-electron chi connectivity index (χ0n) is 16.3. The lowest BCUT2D eigenvalue weighted by Crippen LogP contribution is -2.37. The number of nitrogens with zero attached hydrogens (tertiary/aromatic N) is 3. The van der Waals surface area contributed by atoms with E-state index in [1.165, 1.54) is 42.2 Å². The average Bonchev–Trinajstić information content (AvgIpc) is 3.14. The summed E-state index contributed by atoms with van der Waals surface area (Å²) in [6.45, 7) is 0. The maximum absolute atomic E-state index is 15.0. The Bertz CT molecular complexity index is 1050. The molecule has 1 saturated carbocycles. The summed E-state index contributed by atoms with van der Waals surface area (Å²) >= 11 is 1.47. The van der Waals surface area contributed by atoms with E-state index < -0.39 is 17.3 Å². The highest BCUT2D eigenvalue weighted by Crippen LogP contribution is 2.52. The van der Waals surface area contributed by atoms with E-state index in [1.807, 2.05) is 6.07 Å². The monoisotopic (exact) mass is 425 g/mol. The molecule has 2 heterocycles. The van der Waals surface area contributed by atoms with Gasteiger partial charge in [0.1, 0.15) is 17.6 Å². The Morgan fingerprint density at radius 3 is 2.97 bits per heavy atom. The van der Waals surface area contributed by atoms with Crippen LogP contribution >= 0.6 is 11.8 Å². The van der Waals surface area contributed by atoms with Crippen LogP contribution in [-0.4, -0.2) is 35.0 Å². The molecule has 1 fully saturated rings. The van der Waals surface area contributed by atoms with Gasteiger partial charge in [-0.3, -0.25) is 9.79 Å². The van der Waals surface area contributed by atoms with Crippen LogP contribution in [0.5, 0.6) is 0 Å². The molecule has 0 bridgehead atoms. The van der Waals surface area contributed by atoms with Gasteiger partial charge < -0.3 is 15.8 Å². The van der Waals surface area contributed by atoms with Crippen LogP contribution in [0.15, 0.2) is 41.5 Å². The van der Waals surface area contributed by atoms with Gasteiger partial charge in [-0.15, -0.1) is 0 Å². The molecule has 1 aliphatic carbocycles. The van der Waals surface area contributed by atoms with Crippen molar-refractivity contribution in [2.24, 2.45) is 16.6 Å². The van der Waals surface area contributed by atoms with Crippen molar-refractivity contribution in [3.8, 4) is 6.07 Å². The smallest absolute Gasteiger partial charge is 0.274 e. The number of carbonyl (C=O) groups is 1. The number of ether oxygens (including phenoxy) is 1. The molecule has 9 heteroatoms. The summed E-state index contributed by atoms with van der Waals surface area (Å²) in [5, 5.41) is 12.0. The van der Waals surface area contributed by atoms with Crippen molar-refractivity contribution in [1.82, 2.24) is 4.98 Å². The molecule has 3 N–H and O–H groups in total. The first kappa shape index (κ1) is 20.3. The SMILES string of the molecule is CO[C@H]1C[C@H]2CSC(N)=N[C@@]2(c2cc(NC(=O)c3ccc(C#N)cn3)ccc2F)C1. The van der Waals surface area contributed by atoms with Crippen molar-refractivity contribution >= 4 is 28.5 Å². The molecule has 1 aromatic heterocycles. The quantitative estimate of drug-likeness (QED) is 0.778. The van der Waals surface area contributed by atoms with E-state index in [-0.39, 0.29) is 17.7 Å². The summed E-state index contributed by atoms with van der Waals surface area (Å²) in [5.74, 6) is -0.0231. The number of amides is 1. The van der Waals surface area contributed by atoms with Gasteiger partial charge in [0.05, 0.1) is 17.2 Å². The van der Waals surface area contributed by atoms with Gasteiger partial charge in [-0.25, -0.2) is 9.37 Å². The Balaban J connectivity index is 1.67. The maximum Gasteiger partial charge on any atom is 0.274 e. The molecule has 3 atom stereocenters. The van der Waals surface area contributed by atoms with Crippen molar-refractivity contribution in [1.29, 1.82) is 5.26 Å². The number of anilines is 1. The minimum absolute atomic E-state index is 0.0363. The third kappa shape index (κ3) is 3.64. The normalized spacial score (nSPS) is 25.2. The van der Waals surface area contributed by atoms with E-state index in [0.717, 1.165) is 12.2 Å². The minimum Gasteiger partial charge on any atom is -0.381 e. The standard InChI is InChI=1S/C21H20FN5O2S/c1-29-15-6-13-11-30-20(24)27-21(13,8-15)16-7-14(3-4-17(16)22)26-19(28)18-5-2-12(9-23)10-25-18/h2-5,7,10,13,15H,6,8,11H2,1H3,(H2,24,27)(H,26,28)/t13-,15-,21-/m0/s1. The zero-order valence-corrected chi connectivity index (χ0v) is 17.1. The zero-order chi connectivity index (χ0) is 21.3. The number of benzene rings is 1. The summed E-state index contributed by atoms with van der Waals surface area (Å²) < 4.78 is 20.5. The molecule has 1 aliphatic heterocycles. The summed E-state index contributed by atoms with van der Waals surface area (Å²) in [6, 6.07) is 9.39. The van der Waals surface area contributed by atoms with Gasteiger partial charge in [-0.1, -0.05) is 11.8 Å². The number of aliphatic imine (C=N–C) groups is 1. The fourth-order valence-electron chi connectivity index (χ4n) is 4.16. The second-order valence-corrected chi connectivity index (χ2v) is 8.41. The Hall–Kier alpha value is -2.96. The molecule has 30 heavy (non-hydrogen) atoms. The number of nitrogens with one attached hydrogen (secondary N) is 1. The molecule has 2 aliphatic rings. The Labute approximate surface area is 177 Å². The van der Waals surface area contributed by atoms with Crippen molar-refractivity contribution in [2.45, 2.75) is 24.5 Å². The van der Waals surface area contributed by atoms with E-state index in [4.69, 9.17) is 15.7 Å². The Morgan fingerprint density at radius 2 is 2.27 bits per heavy atom. The molecule has 2 aromatic rings. The summed E-state index contributed by atoms with van der Waals surface area (Å²) in [6.07, 6.45) is 2.59. The van der Waals surface area contributed by atoms with E-state index in [1.54, 1.807) is 13.2 Å². The summed E-state index contributed by atoms with van der Waals surface area (Å²) in [4.78, 5) is 21.2. The molecule has 0 saturated heterocycles. The number of carbonyl (C=O) groups excluding carboxylic acids is 1. The highest BCUT2D eigenvalue weighted by atomic mass is 32.2. The number of nitrogens with two attached hydrogens (primary N) is 1. The van der Waals surface area contributed by atoms with Gasteiger partial charge in [-0.05, 0) is 36.8 Å². The van der Waals surface area contributed by atoms with Gasteiger partial charge in [0.25, 0.3) is 5.91 Å². The number of aromatic nitrogens is 1. The number of rotatable bonds is 4. The Kier molecular flexibility index (Phi) is 5.45. The third-order valence-corrected chi connectivity index (χ3v) is 6.61. The first-order valence-electron chi connectivity index (χ1n) is 9.43. The fourth-order valence-corrected chi connectivity index (χ4v) is 5.17. The number of methoxy groups -OCH3 is 1. The summed E-state index contributed by atoms with van der Waals surface area (Å²) in [7, 11) is 1.65. The molecular formula is C21H20FN5O2S. The van der Waals surface area contributed by atoms with Crippen LogP contribution in [0.1, 0.15) is 34.5 Å². The number of hydrogen-bond donors (Lipinski definition) is 2. The predicted molar refractivity (Wildman–Crippen MR) is 113 cm³/mol. The molecule has 0 spiro atoms. The van der Waals surface area contributed by atoms with Gasteiger partial charge in [0, 0.05) is 42.6 Å². The first-order chi connectivity index (χ1) is 14.4. The molecule has 1 aromatic carbocycles. The van der Waals surface area contributed by atoms with Gasteiger partial charge in [0.2, 0.25) is 0 Å². The largest absolute Gasteiger partial charge is 0.381 e. The fraction of sp³-hybridized carbons (Fsp3) is 0.333. The van der Waals surface area contributed by atoms with Gasteiger partial charge in [-0.2, -0.15) is 5.26 Å². The van der Waals surface area contributed by atoms with Crippen LogP contribution < -0.4 is 11.1 Å². The molecule has 0 radical (unpaired) electrons. The molecule has 154 valence electrons. The lowest BCUT2D eigenvalue weighted by atomic mass is 9.81. The van der Waals surface area contributed by atoms with Crippen LogP contribution in [-0.2, 0) is 10.3 Å². The highest BCUT2D eigenvalue weighted by Gasteiger charge is 2.52. The number of halogens is 1. The second kappa shape index (κ2) is 8.05. The molecular weight excluding hydrogens is 405 g/mol. The van der Waals surface area contributed by atoms with Crippen LogP contribution in [0.3, 0.4) is 0 Å². The van der Waals surface area contributed by atoms with Crippen molar-refractivity contribution < 1.29 is 13.9 Å². The van der Waals surface area contributed by atoms with E-state index in [2.05, 4.69) is 15.3 Å². The van der Waals surface area contributed by atoms with E-state index in [9.17, 15) is 9.18 Å². The minimum atomic E-state index is -0.812. The summed E-state index contributed by atoms with van der Waals surface area (Å²) in [5.41, 5.74) is 6.56. The lowest BCUT2D eigenvalue weighted by Gasteiger charge is -2.36. The van der Waals surface area contributed by atoms with Crippen LogP contribution in [0.4, 0.5) is 10.1 Å². The molecule has 1 amide bonds. The van der Waals surface area contributed by atoms with Crippen LogP contribution in [0, 0.1) is 23.1 Å². The molecule has 0 unspecified atom stereocenters.